The van der Waals surface area contributed by atoms with E-state index in [-0.39, 0.29) is 30.0 Å². The highest BCUT2D eigenvalue weighted by molar-refractivity contribution is 6.42. The molecule has 0 aliphatic heterocycles. The molecule has 1 amide bonds. The number of nitro benzene ring substituents is 1. The lowest BCUT2D eigenvalue weighted by Crippen LogP contribution is -2.31. The van der Waals surface area contributed by atoms with Crippen LogP contribution in [0.2, 0.25) is 10.0 Å². The van der Waals surface area contributed by atoms with Crippen molar-refractivity contribution in [3.63, 3.8) is 0 Å². The molecule has 1 atom stereocenters. The van der Waals surface area contributed by atoms with Crippen molar-refractivity contribution in [3.05, 3.63) is 68.2 Å². The summed E-state index contributed by atoms with van der Waals surface area (Å²) >= 11 is 11.8. The molecular formula is C16H14Cl2N2O4. The monoisotopic (exact) mass is 368 g/mol. The van der Waals surface area contributed by atoms with Crippen molar-refractivity contribution >= 4 is 34.8 Å². The fourth-order valence-corrected chi connectivity index (χ4v) is 2.29. The molecule has 24 heavy (non-hydrogen) atoms. The third-order valence-electron chi connectivity index (χ3n) is 3.22. The number of hydrogen-bond donors (Lipinski definition) is 1. The normalized spacial score (nSPS) is 11.6. The number of non-ortho nitro benzene ring substituents is 1. The van der Waals surface area contributed by atoms with E-state index in [4.69, 9.17) is 27.9 Å². The van der Waals surface area contributed by atoms with Gasteiger partial charge in [0.05, 0.1) is 27.1 Å². The molecule has 0 aromatic heterocycles. The van der Waals surface area contributed by atoms with Gasteiger partial charge in [0.1, 0.15) is 5.75 Å². The fraction of sp³-hybridized carbons (Fsp3) is 0.188. The van der Waals surface area contributed by atoms with Gasteiger partial charge in [-0.15, -0.1) is 0 Å². The fourth-order valence-electron chi connectivity index (χ4n) is 1.98. The van der Waals surface area contributed by atoms with E-state index >= 15 is 0 Å². The van der Waals surface area contributed by atoms with E-state index in [9.17, 15) is 14.9 Å². The number of ether oxygens (including phenoxy) is 1. The van der Waals surface area contributed by atoms with Crippen LogP contribution in [-0.4, -0.2) is 17.4 Å². The summed E-state index contributed by atoms with van der Waals surface area (Å²) in [4.78, 5) is 22.1. The number of halogens is 2. The standard InChI is InChI=1S/C16H14Cl2N2O4/c1-10(11-5-6-14(17)15(18)7-11)19-16(21)9-24-13-4-2-3-12(8-13)20(22)23/h2-8,10H,9H2,1H3,(H,19,21). The Morgan fingerprint density at radius 1 is 1.25 bits per heavy atom. The summed E-state index contributed by atoms with van der Waals surface area (Å²) in [5.41, 5.74) is 0.699. The quantitative estimate of drug-likeness (QED) is 0.612. The van der Waals surface area contributed by atoms with E-state index in [0.717, 1.165) is 5.56 Å². The molecule has 0 bridgehead atoms. The summed E-state index contributed by atoms with van der Waals surface area (Å²) in [7, 11) is 0. The Balaban J connectivity index is 1.92. The molecule has 1 N–H and O–H groups in total. The largest absolute Gasteiger partial charge is 0.484 e. The SMILES string of the molecule is CC(NC(=O)COc1cccc([N+](=O)[O-])c1)c1ccc(Cl)c(Cl)c1. The smallest absolute Gasteiger partial charge is 0.273 e. The van der Waals surface area contributed by atoms with Crippen LogP contribution < -0.4 is 10.1 Å². The highest BCUT2D eigenvalue weighted by Gasteiger charge is 2.12. The average molecular weight is 369 g/mol. The molecule has 0 aliphatic carbocycles. The van der Waals surface area contributed by atoms with Gasteiger partial charge in [0.2, 0.25) is 0 Å². The number of carbonyl (C=O) groups excluding carboxylic acids is 1. The first-order valence-electron chi connectivity index (χ1n) is 6.98. The maximum absolute atomic E-state index is 11.9. The molecule has 0 aliphatic rings. The summed E-state index contributed by atoms with van der Waals surface area (Å²) < 4.78 is 5.27. The molecule has 8 heteroatoms. The van der Waals surface area contributed by atoms with Crippen LogP contribution in [0, 0.1) is 10.1 Å². The highest BCUT2D eigenvalue weighted by atomic mass is 35.5. The second-order valence-corrected chi connectivity index (χ2v) is 5.82. The Labute approximate surface area is 148 Å². The third-order valence-corrected chi connectivity index (χ3v) is 3.96. The highest BCUT2D eigenvalue weighted by Crippen LogP contribution is 2.25. The van der Waals surface area contributed by atoms with Gasteiger partial charge in [0.25, 0.3) is 11.6 Å². The van der Waals surface area contributed by atoms with Crippen LogP contribution in [0.3, 0.4) is 0 Å². The van der Waals surface area contributed by atoms with Crippen LogP contribution in [0.15, 0.2) is 42.5 Å². The van der Waals surface area contributed by atoms with Gasteiger partial charge in [-0.25, -0.2) is 0 Å². The van der Waals surface area contributed by atoms with Gasteiger partial charge in [0.15, 0.2) is 6.61 Å². The van der Waals surface area contributed by atoms with Crippen LogP contribution >= 0.6 is 23.2 Å². The molecule has 0 heterocycles. The molecule has 126 valence electrons. The van der Waals surface area contributed by atoms with E-state index in [2.05, 4.69) is 5.32 Å². The number of benzene rings is 2. The maximum Gasteiger partial charge on any atom is 0.273 e. The molecule has 0 saturated carbocycles. The Hall–Kier alpha value is -2.31. The van der Waals surface area contributed by atoms with Crippen molar-refractivity contribution in [2.24, 2.45) is 0 Å². The zero-order valence-electron chi connectivity index (χ0n) is 12.7. The number of nitro groups is 1. The lowest BCUT2D eigenvalue weighted by Gasteiger charge is -2.15. The van der Waals surface area contributed by atoms with Gasteiger partial charge >= 0.3 is 0 Å². The van der Waals surface area contributed by atoms with Gasteiger partial charge in [-0.3, -0.25) is 14.9 Å². The maximum atomic E-state index is 11.9. The topological polar surface area (TPSA) is 81.5 Å². The Morgan fingerprint density at radius 3 is 2.67 bits per heavy atom. The summed E-state index contributed by atoms with van der Waals surface area (Å²) in [6, 6.07) is 10.4. The van der Waals surface area contributed by atoms with Crippen molar-refractivity contribution < 1.29 is 14.5 Å². The molecular weight excluding hydrogens is 355 g/mol. The summed E-state index contributed by atoms with van der Waals surface area (Å²) in [5.74, 6) is -0.110. The molecule has 0 fully saturated rings. The zero-order chi connectivity index (χ0) is 17.7. The first-order valence-corrected chi connectivity index (χ1v) is 7.74. The van der Waals surface area contributed by atoms with E-state index in [0.29, 0.717) is 10.0 Å². The van der Waals surface area contributed by atoms with Crippen molar-refractivity contribution in [3.8, 4) is 5.75 Å². The molecule has 0 radical (unpaired) electrons. The van der Waals surface area contributed by atoms with Gasteiger partial charge in [-0.2, -0.15) is 0 Å². The van der Waals surface area contributed by atoms with E-state index < -0.39 is 4.92 Å². The Bertz CT molecular complexity index is 767. The summed E-state index contributed by atoms with van der Waals surface area (Å²) in [5, 5.41) is 14.3. The van der Waals surface area contributed by atoms with Crippen LogP contribution in [0.25, 0.3) is 0 Å². The van der Waals surface area contributed by atoms with Gasteiger partial charge < -0.3 is 10.1 Å². The number of carbonyl (C=O) groups is 1. The molecule has 2 rings (SSSR count). The predicted molar refractivity (Wildman–Crippen MR) is 91.6 cm³/mol. The second kappa shape index (κ2) is 7.99. The minimum absolute atomic E-state index is 0.0999. The van der Waals surface area contributed by atoms with E-state index in [1.807, 2.05) is 0 Å². The molecule has 6 nitrogen and oxygen atoms in total. The Morgan fingerprint density at radius 2 is 2.00 bits per heavy atom. The summed E-state index contributed by atoms with van der Waals surface area (Å²) in [6.45, 7) is 1.54. The van der Waals surface area contributed by atoms with E-state index in [1.54, 1.807) is 31.2 Å². The molecule has 1 unspecified atom stereocenters. The average Bonchev–Trinajstić information content (AvgIpc) is 2.55. The summed E-state index contributed by atoms with van der Waals surface area (Å²) in [6.07, 6.45) is 0. The van der Waals surface area contributed by atoms with Crippen molar-refractivity contribution in [2.45, 2.75) is 13.0 Å². The molecule has 0 spiro atoms. The Kier molecular flexibility index (Phi) is 6.00. The molecule has 0 saturated heterocycles. The number of hydrogen-bond acceptors (Lipinski definition) is 4. The number of nitrogens with one attached hydrogen (secondary N) is 1. The van der Waals surface area contributed by atoms with Crippen molar-refractivity contribution in [2.75, 3.05) is 6.61 Å². The second-order valence-electron chi connectivity index (χ2n) is 5.01. The lowest BCUT2D eigenvalue weighted by molar-refractivity contribution is -0.384. The first-order chi connectivity index (χ1) is 11.4. The number of amides is 1. The van der Waals surface area contributed by atoms with Gasteiger partial charge in [-0.1, -0.05) is 35.3 Å². The molecule has 2 aromatic rings. The van der Waals surface area contributed by atoms with Gasteiger partial charge in [-0.05, 0) is 30.7 Å². The third kappa shape index (κ3) is 4.84. The van der Waals surface area contributed by atoms with Crippen molar-refractivity contribution in [1.82, 2.24) is 5.32 Å². The zero-order valence-corrected chi connectivity index (χ0v) is 14.2. The minimum Gasteiger partial charge on any atom is -0.484 e. The van der Waals surface area contributed by atoms with Crippen LogP contribution in [0.4, 0.5) is 5.69 Å². The molecule has 2 aromatic carbocycles. The van der Waals surface area contributed by atoms with Crippen molar-refractivity contribution in [1.29, 1.82) is 0 Å². The number of nitrogens with zero attached hydrogens (tertiary/aromatic N) is 1. The van der Waals surface area contributed by atoms with Gasteiger partial charge in [0, 0.05) is 6.07 Å². The predicted octanol–water partition coefficient (Wildman–Crippen LogP) is 4.16. The minimum atomic E-state index is -0.528. The lowest BCUT2D eigenvalue weighted by atomic mass is 10.1. The van der Waals surface area contributed by atoms with Crippen LogP contribution in [0.5, 0.6) is 5.75 Å². The first kappa shape index (κ1) is 18.0. The van der Waals surface area contributed by atoms with Crippen LogP contribution in [-0.2, 0) is 4.79 Å². The number of rotatable bonds is 6. The van der Waals surface area contributed by atoms with E-state index in [1.165, 1.54) is 18.2 Å². The van der Waals surface area contributed by atoms with Crippen LogP contribution in [0.1, 0.15) is 18.5 Å².